The first kappa shape index (κ1) is 16.0. The minimum atomic E-state index is -0.141. The first-order chi connectivity index (χ1) is 10.6. The van der Waals surface area contributed by atoms with Crippen molar-refractivity contribution >= 4 is 34.5 Å². The van der Waals surface area contributed by atoms with Crippen LogP contribution in [0.1, 0.15) is 16.1 Å². The SMILES string of the molecule is CN(C)c1ccc(NC(=O)CCNC(=O)c2cccs2)cc1. The topological polar surface area (TPSA) is 61.4 Å². The van der Waals surface area contributed by atoms with E-state index in [9.17, 15) is 9.59 Å². The summed E-state index contributed by atoms with van der Waals surface area (Å²) < 4.78 is 0. The molecule has 0 radical (unpaired) electrons. The predicted molar refractivity (Wildman–Crippen MR) is 90.7 cm³/mol. The van der Waals surface area contributed by atoms with Crippen LogP contribution in [0.15, 0.2) is 41.8 Å². The molecule has 5 nitrogen and oxygen atoms in total. The van der Waals surface area contributed by atoms with Crippen LogP contribution in [0.2, 0.25) is 0 Å². The van der Waals surface area contributed by atoms with Gasteiger partial charge in [-0.15, -0.1) is 11.3 Å². The molecule has 116 valence electrons. The molecular formula is C16H19N3O2S. The van der Waals surface area contributed by atoms with Crippen molar-refractivity contribution in [1.29, 1.82) is 0 Å². The Bertz CT molecular complexity index is 621. The molecular weight excluding hydrogens is 298 g/mol. The van der Waals surface area contributed by atoms with Gasteiger partial charge < -0.3 is 15.5 Å². The number of hydrogen-bond acceptors (Lipinski definition) is 4. The van der Waals surface area contributed by atoms with Crippen LogP contribution < -0.4 is 15.5 Å². The van der Waals surface area contributed by atoms with Crippen LogP contribution >= 0.6 is 11.3 Å². The molecule has 1 aromatic heterocycles. The number of carbonyl (C=O) groups excluding carboxylic acids is 2. The van der Waals surface area contributed by atoms with Crippen molar-refractivity contribution in [2.24, 2.45) is 0 Å². The zero-order valence-corrected chi connectivity index (χ0v) is 13.4. The Kier molecular flexibility index (Phi) is 5.55. The monoisotopic (exact) mass is 317 g/mol. The zero-order chi connectivity index (χ0) is 15.9. The highest BCUT2D eigenvalue weighted by Crippen LogP contribution is 2.15. The average Bonchev–Trinajstić information content (AvgIpc) is 3.02. The van der Waals surface area contributed by atoms with Crippen molar-refractivity contribution in [1.82, 2.24) is 5.32 Å². The second-order valence-electron chi connectivity index (χ2n) is 4.97. The number of amides is 2. The molecule has 2 N–H and O–H groups in total. The number of nitrogens with one attached hydrogen (secondary N) is 2. The lowest BCUT2D eigenvalue weighted by Gasteiger charge is -2.13. The standard InChI is InChI=1S/C16H19N3O2S/c1-19(2)13-7-5-12(6-8-13)18-15(20)9-10-17-16(21)14-4-3-11-22-14/h3-8,11H,9-10H2,1-2H3,(H,17,21)(H,18,20). The van der Waals surface area contributed by atoms with Crippen LogP contribution in [0.25, 0.3) is 0 Å². The third-order valence-electron chi connectivity index (χ3n) is 3.05. The molecule has 2 amide bonds. The van der Waals surface area contributed by atoms with E-state index in [-0.39, 0.29) is 18.2 Å². The smallest absolute Gasteiger partial charge is 0.261 e. The zero-order valence-electron chi connectivity index (χ0n) is 12.6. The fourth-order valence-electron chi connectivity index (χ4n) is 1.85. The van der Waals surface area contributed by atoms with Crippen LogP contribution in [-0.2, 0) is 4.79 Å². The maximum atomic E-state index is 11.8. The van der Waals surface area contributed by atoms with Gasteiger partial charge in [0, 0.05) is 38.4 Å². The summed E-state index contributed by atoms with van der Waals surface area (Å²) >= 11 is 1.38. The van der Waals surface area contributed by atoms with Crippen molar-refractivity contribution < 1.29 is 9.59 Å². The number of nitrogens with zero attached hydrogens (tertiary/aromatic N) is 1. The molecule has 2 aromatic rings. The molecule has 0 spiro atoms. The van der Waals surface area contributed by atoms with Crippen LogP contribution in [0.4, 0.5) is 11.4 Å². The molecule has 1 aromatic carbocycles. The Morgan fingerprint density at radius 1 is 1.14 bits per heavy atom. The molecule has 0 aliphatic heterocycles. The Labute approximate surface area is 134 Å². The number of anilines is 2. The summed E-state index contributed by atoms with van der Waals surface area (Å²) in [6, 6.07) is 11.2. The van der Waals surface area contributed by atoms with Gasteiger partial charge in [0.25, 0.3) is 5.91 Å². The van der Waals surface area contributed by atoms with Crippen molar-refractivity contribution in [3.63, 3.8) is 0 Å². The van der Waals surface area contributed by atoms with Gasteiger partial charge in [0.05, 0.1) is 4.88 Å². The third-order valence-corrected chi connectivity index (χ3v) is 3.92. The highest BCUT2D eigenvalue weighted by molar-refractivity contribution is 7.12. The molecule has 6 heteroatoms. The first-order valence-electron chi connectivity index (χ1n) is 6.95. The normalized spacial score (nSPS) is 10.1. The van der Waals surface area contributed by atoms with E-state index in [0.717, 1.165) is 11.4 Å². The largest absolute Gasteiger partial charge is 0.378 e. The van der Waals surface area contributed by atoms with Crippen molar-refractivity contribution in [2.75, 3.05) is 30.9 Å². The van der Waals surface area contributed by atoms with E-state index < -0.39 is 0 Å². The lowest BCUT2D eigenvalue weighted by atomic mass is 10.2. The highest BCUT2D eigenvalue weighted by atomic mass is 32.1. The maximum absolute atomic E-state index is 11.8. The van der Waals surface area contributed by atoms with Crippen molar-refractivity contribution in [3.05, 3.63) is 46.7 Å². The summed E-state index contributed by atoms with van der Waals surface area (Å²) in [5.74, 6) is -0.262. The van der Waals surface area contributed by atoms with E-state index in [1.165, 1.54) is 11.3 Å². The van der Waals surface area contributed by atoms with Crippen LogP contribution in [0.5, 0.6) is 0 Å². The summed E-state index contributed by atoms with van der Waals surface area (Å²) in [4.78, 5) is 26.2. The van der Waals surface area contributed by atoms with E-state index in [0.29, 0.717) is 11.4 Å². The van der Waals surface area contributed by atoms with Crippen molar-refractivity contribution in [3.8, 4) is 0 Å². The van der Waals surface area contributed by atoms with E-state index >= 15 is 0 Å². The number of hydrogen-bond donors (Lipinski definition) is 2. The highest BCUT2D eigenvalue weighted by Gasteiger charge is 2.07. The molecule has 0 unspecified atom stereocenters. The Balaban J connectivity index is 1.75. The fourth-order valence-corrected chi connectivity index (χ4v) is 2.49. The lowest BCUT2D eigenvalue weighted by molar-refractivity contribution is -0.116. The van der Waals surface area contributed by atoms with Gasteiger partial charge in [0.2, 0.25) is 5.91 Å². The second-order valence-corrected chi connectivity index (χ2v) is 5.92. The molecule has 0 saturated carbocycles. The summed E-state index contributed by atoms with van der Waals surface area (Å²) in [6.45, 7) is 0.318. The molecule has 1 heterocycles. The minimum absolute atomic E-state index is 0.121. The number of carbonyl (C=O) groups is 2. The van der Waals surface area contributed by atoms with Crippen LogP contribution in [0.3, 0.4) is 0 Å². The quantitative estimate of drug-likeness (QED) is 0.861. The lowest BCUT2D eigenvalue weighted by Crippen LogP contribution is -2.27. The molecule has 2 rings (SSSR count). The van der Waals surface area contributed by atoms with Gasteiger partial charge in [-0.05, 0) is 35.7 Å². The van der Waals surface area contributed by atoms with Gasteiger partial charge in [-0.3, -0.25) is 9.59 Å². The van der Waals surface area contributed by atoms with Gasteiger partial charge >= 0.3 is 0 Å². The number of benzene rings is 1. The molecule has 22 heavy (non-hydrogen) atoms. The summed E-state index contributed by atoms with van der Waals surface area (Å²) in [5, 5.41) is 7.39. The van der Waals surface area contributed by atoms with E-state index in [1.807, 2.05) is 54.7 Å². The molecule has 0 aliphatic carbocycles. The van der Waals surface area contributed by atoms with E-state index in [1.54, 1.807) is 6.07 Å². The summed E-state index contributed by atoms with van der Waals surface area (Å²) in [7, 11) is 3.92. The second kappa shape index (κ2) is 7.61. The van der Waals surface area contributed by atoms with Gasteiger partial charge in [-0.2, -0.15) is 0 Å². The van der Waals surface area contributed by atoms with Crippen molar-refractivity contribution in [2.45, 2.75) is 6.42 Å². The average molecular weight is 317 g/mol. The third kappa shape index (κ3) is 4.60. The fraction of sp³-hybridized carbons (Fsp3) is 0.250. The molecule has 0 saturated heterocycles. The number of rotatable bonds is 6. The van der Waals surface area contributed by atoms with Crippen LogP contribution in [0, 0.1) is 0 Å². The van der Waals surface area contributed by atoms with Gasteiger partial charge in [0.15, 0.2) is 0 Å². The maximum Gasteiger partial charge on any atom is 0.261 e. The Morgan fingerprint density at radius 2 is 1.86 bits per heavy atom. The first-order valence-corrected chi connectivity index (χ1v) is 7.83. The van der Waals surface area contributed by atoms with Gasteiger partial charge in [-0.1, -0.05) is 6.07 Å². The Morgan fingerprint density at radius 3 is 2.45 bits per heavy atom. The molecule has 0 fully saturated rings. The number of thiophene rings is 1. The van der Waals surface area contributed by atoms with Gasteiger partial charge in [0.1, 0.15) is 0 Å². The van der Waals surface area contributed by atoms with E-state index in [4.69, 9.17) is 0 Å². The molecule has 0 aliphatic rings. The molecule has 0 bridgehead atoms. The summed E-state index contributed by atoms with van der Waals surface area (Å²) in [5.41, 5.74) is 1.82. The van der Waals surface area contributed by atoms with E-state index in [2.05, 4.69) is 10.6 Å². The minimum Gasteiger partial charge on any atom is -0.378 e. The predicted octanol–water partition coefficient (Wildman–Crippen LogP) is 2.57. The van der Waals surface area contributed by atoms with Gasteiger partial charge in [-0.25, -0.2) is 0 Å². The Hall–Kier alpha value is -2.34. The van der Waals surface area contributed by atoms with Crippen LogP contribution in [-0.4, -0.2) is 32.5 Å². The molecule has 0 atom stereocenters. The summed E-state index contributed by atoms with van der Waals surface area (Å²) in [6.07, 6.45) is 0.243.